The standard InChI is InChI=1S/C16H19N5O2/c1-11-15(12(2)21-14(19-11)5-6-18-21)16(22)23-10-4-8-20-9-7-17-13(20)3/h5-7,9H,4,8,10H2,1-3H3. The summed E-state index contributed by atoms with van der Waals surface area (Å²) >= 11 is 0. The summed E-state index contributed by atoms with van der Waals surface area (Å²) in [6, 6.07) is 1.81. The van der Waals surface area contributed by atoms with Crippen LogP contribution >= 0.6 is 0 Å². The fourth-order valence-electron chi connectivity index (χ4n) is 2.64. The first kappa shape index (κ1) is 15.2. The van der Waals surface area contributed by atoms with E-state index in [2.05, 4.69) is 15.1 Å². The van der Waals surface area contributed by atoms with E-state index in [4.69, 9.17) is 4.74 Å². The third kappa shape index (κ3) is 2.94. The molecule has 0 saturated heterocycles. The van der Waals surface area contributed by atoms with Gasteiger partial charge in [0.2, 0.25) is 0 Å². The van der Waals surface area contributed by atoms with Gasteiger partial charge < -0.3 is 9.30 Å². The molecule has 0 amide bonds. The lowest BCUT2D eigenvalue weighted by Crippen LogP contribution is -2.15. The minimum Gasteiger partial charge on any atom is -0.462 e. The zero-order chi connectivity index (χ0) is 16.4. The molecule has 0 fully saturated rings. The predicted molar refractivity (Wildman–Crippen MR) is 84.3 cm³/mol. The largest absolute Gasteiger partial charge is 0.462 e. The first-order chi connectivity index (χ1) is 11.1. The van der Waals surface area contributed by atoms with Gasteiger partial charge >= 0.3 is 5.97 Å². The molecule has 3 heterocycles. The molecule has 3 aromatic heterocycles. The van der Waals surface area contributed by atoms with Gasteiger partial charge in [0.25, 0.3) is 0 Å². The molecule has 0 aliphatic carbocycles. The van der Waals surface area contributed by atoms with Crippen molar-refractivity contribution in [3.8, 4) is 0 Å². The number of imidazole rings is 1. The van der Waals surface area contributed by atoms with Crippen molar-refractivity contribution in [2.75, 3.05) is 6.61 Å². The maximum Gasteiger partial charge on any atom is 0.341 e. The van der Waals surface area contributed by atoms with Crippen LogP contribution in [0.5, 0.6) is 0 Å². The van der Waals surface area contributed by atoms with E-state index in [9.17, 15) is 4.79 Å². The number of rotatable bonds is 5. The van der Waals surface area contributed by atoms with Gasteiger partial charge in [0.05, 0.1) is 24.2 Å². The smallest absolute Gasteiger partial charge is 0.341 e. The summed E-state index contributed by atoms with van der Waals surface area (Å²) in [5.74, 6) is 0.601. The zero-order valence-corrected chi connectivity index (χ0v) is 13.5. The summed E-state index contributed by atoms with van der Waals surface area (Å²) in [5, 5.41) is 4.18. The molecule has 0 aliphatic heterocycles. The average Bonchev–Trinajstić information content (AvgIpc) is 3.13. The van der Waals surface area contributed by atoms with Gasteiger partial charge in [-0.05, 0) is 27.2 Å². The van der Waals surface area contributed by atoms with Crippen molar-refractivity contribution in [3.63, 3.8) is 0 Å². The van der Waals surface area contributed by atoms with Gasteiger partial charge in [-0.1, -0.05) is 0 Å². The van der Waals surface area contributed by atoms with Crippen LogP contribution in [0.25, 0.3) is 5.65 Å². The highest BCUT2D eigenvalue weighted by Gasteiger charge is 2.18. The lowest BCUT2D eigenvalue weighted by molar-refractivity contribution is 0.0492. The molecule has 0 aliphatic rings. The number of carbonyl (C=O) groups is 1. The molecule has 0 saturated carbocycles. The Labute approximate surface area is 133 Å². The van der Waals surface area contributed by atoms with Crippen molar-refractivity contribution in [1.82, 2.24) is 24.1 Å². The van der Waals surface area contributed by atoms with Crippen LogP contribution < -0.4 is 0 Å². The Kier molecular flexibility index (Phi) is 4.10. The normalized spacial score (nSPS) is 11.1. The van der Waals surface area contributed by atoms with Crippen LogP contribution in [0.3, 0.4) is 0 Å². The van der Waals surface area contributed by atoms with E-state index < -0.39 is 0 Å². The van der Waals surface area contributed by atoms with Crippen molar-refractivity contribution in [3.05, 3.63) is 47.4 Å². The van der Waals surface area contributed by atoms with Crippen molar-refractivity contribution in [2.45, 2.75) is 33.7 Å². The van der Waals surface area contributed by atoms with Crippen LogP contribution in [-0.4, -0.2) is 36.7 Å². The second kappa shape index (κ2) is 6.20. The first-order valence-corrected chi connectivity index (χ1v) is 7.53. The van der Waals surface area contributed by atoms with Crippen LogP contribution in [-0.2, 0) is 11.3 Å². The van der Waals surface area contributed by atoms with Crippen LogP contribution in [0.15, 0.2) is 24.7 Å². The third-order valence-corrected chi connectivity index (χ3v) is 3.85. The van der Waals surface area contributed by atoms with Gasteiger partial charge in [0.15, 0.2) is 5.65 Å². The predicted octanol–water partition coefficient (Wildman–Crippen LogP) is 2.10. The van der Waals surface area contributed by atoms with E-state index >= 15 is 0 Å². The first-order valence-electron chi connectivity index (χ1n) is 7.53. The molecule has 3 aromatic rings. The molecule has 0 unspecified atom stereocenters. The maximum absolute atomic E-state index is 12.4. The lowest BCUT2D eigenvalue weighted by Gasteiger charge is -2.11. The summed E-state index contributed by atoms with van der Waals surface area (Å²) in [7, 11) is 0. The molecule has 0 atom stereocenters. The highest BCUT2D eigenvalue weighted by atomic mass is 16.5. The number of hydrogen-bond donors (Lipinski definition) is 0. The van der Waals surface area contributed by atoms with E-state index in [1.807, 2.05) is 37.6 Å². The quantitative estimate of drug-likeness (QED) is 0.532. The number of hydrogen-bond acceptors (Lipinski definition) is 5. The van der Waals surface area contributed by atoms with Gasteiger partial charge in [-0.15, -0.1) is 0 Å². The van der Waals surface area contributed by atoms with Crippen LogP contribution in [0.2, 0.25) is 0 Å². The maximum atomic E-state index is 12.4. The number of nitrogens with zero attached hydrogens (tertiary/aromatic N) is 5. The Bertz CT molecular complexity index is 849. The Morgan fingerprint density at radius 2 is 2.09 bits per heavy atom. The fraction of sp³-hybridized carbons (Fsp3) is 0.375. The SMILES string of the molecule is Cc1nc2ccnn2c(C)c1C(=O)OCCCn1ccnc1C. The van der Waals surface area contributed by atoms with Gasteiger partial charge in [0.1, 0.15) is 11.4 Å². The van der Waals surface area contributed by atoms with Gasteiger partial charge in [0, 0.05) is 25.0 Å². The molecule has 0 spiro atoms. The minimum atomic E-state index is -0.354. The third-order valence-electron chi connectivity index (χ3n) is 3.85. The molecule has 0 N–H and O–H groups in total. The fourth-order valence-corrected chi connectivity index (χ4v) is 2.64. The Morgan fingerprint density at radius 3 is 2.83 bits per heavy atom. The Morgan fingerprint density at radius 1 is 1.26 bits per heavy atom. The molecule has 0 radical (unpaired) electrons. The molecule has 3 rings (SSSR count). The summed E-state index contributed by atoms with van der Waals surface area (Å²) in [5.41, 5.74) is 2.62. The molecular formula is C16H19N5O2. The minimum absolute atomic E-state index is 0.354. The second-order valence-electron chi connectivity index (χ2n) is 5.42. The number of esters is 1. The van der Waals surface area contributed by atoms with E-state index in [1.165, 1.54) is 0 Å². The average molecular weight is 313 g/mol. The van der Waals surface area contributed by atoms with E-state index in [0.29, 0.717) is 17.9 Å². The number of fused-ring (bicyclic) bond motifs is 1. The van der Waals surface area contributed by atoms with Crippen molar-refractivity contribution < 1.29 is 9.53 Å². The van der Waals surface area contributed by atoms with Crippen LogP contribution in [0.4, 0.5) is 0 Å². The summed E-state index contributed by atoms with van der Waals surface area (Å²) in [6.45, 7) is 6.73. The summed E-state index contributed by atoms with van der Waals surface area (Å²) in [6.07, 6.45) is 6.08. The lowest BCUT2D eigenvalue weighted by atomic mass is 10.2. The molecule has 0 bridgehead atoms. The molecule has 120 valence electrons. The van der Waals surface area contributed by atoms with Gasteiger partial charge in [-0.25, -0.2) is 19.3 Å². The number of aryl methyl sites for hydroxylation is 4. The number of carbonyl (C=O) groups excluding carboxylic acids is 1. The zero-order valence-electron chi connectivity index (χ0n) is 13.5. The summed E-state index contributed by atoms with van der Waals surface area (Å²) in [4.78, 5) is 20.9. The van der Waals surface area contributed by atoms with Crippen LogP contribution in [0.1, 0.15) is 34.0 Å². The highest BCUT2D eigenvalue weighted by molar-refractivity contribution is 5.92. The molecule has 7 nitrogen and oxygen atoms in total. The monoisotopic (exact) mass is 313 g/mol. The Balaban J connectivity index is 1.65. The van der Waals surface area contributed by atoms with Crippen LogP contribution in [0, 0.1) is 20.8 Å². The van der Waals surface area contributed by atoms with Gasteiger partial charge in [-0.2, -0.15) is 5.10 Å². The highest BCUT2D eigenvalue weighted by Crippen LogP contribution is 2.15. The second-order valence-corrected chi connectivity index (χ2v) is 5.42. The van der Waals surface area contributed by atoms with Crippen molar-refractivity contribution in [2.24, 2.45) is 0 Å². The van der Waals surface area contributed by atoms with Crippen molar-refractivity contribution in [1.29, 1.82) is 0 Å². The van der Waals surface area contributed by atoms with E-state index in [1.54, 1.807) is 16.9 Å². The molecular weight excluding hydrogens is 294 g/mol. The summed E-state index contributed by atoms with van der Waals surface area (Å²) < 4.78 is 9.08. The number of aromatic nitrogens is 5. The number of ether oxygens (including phenoxy) is 1. The van der Waals surface area contributed by atoms with E-state index in [-0.39, 0.29) is 5.97 Å². The molecule has 0 aromatic carbocycles. The van der Waals surface area contributed by atoms with Crippen molar-refractivity contribution >= 4 is 11.6 Å². The molecule has 23 heavy (non-hydrogen) atoms. The molecule has 7 heteroatoms. The van der Waals surface area contributed by atoms with Gasteiger partial charge in [-0.3, -0.25) is 0 Å². The Hall–Kier alpha value is -2.70. The van der Waals surface area contributed by atoms with E-state index in [0.717, 1.165) is 30.1 Å². The topological polar surface area (TPSA) is 74.3 Å².